The molecule has 27 heavy (non-hydrogen) atoms. The van der Waals surface area contributed by atoms with Gasteiger partial charge in [-0.1, -0.05) is 0 Å². The molecule has 0 heterocycles. The Morgan fingerprint density at radius 1 is 1.19 bits per heavy atom. The van der Waals surface area contributed by atoms with Gasteiger partial charge in [0.05, 0.1) is 6.04 Å². The maximum atomic E-state index is 13.6. The third-order valence-electron chi connectivity index (χ3n) is 4.06. The van der Waals surface area contributed by atoms with Gasteiger partial charge in [-0.15, -0.1) is 0 Å². The summed E-state index contributed by atoms with van der Waals surface area (Å²) in [5, 5.41) is 2.55. The summed E-state index contributed by atoms with van der Waals surface area (Å²) in [6.07, 6.45) is 1.43. The van der Waals surface area contributed by atoms with Crippen LogP contribution in [0.5, 0.6) is 5.75 Å². The Bertz CT molecular complexity index is 668. The Hall–Kier alpha value is -2.13. The fraction of sp³-hybridized carbons (Fsp3) is 0.556. The molecule has 0 saturated carbocycles. The van der Waals surface area contributed by atoms with Crippen molar-refractivity contribution in [3.63, 3.8) is 0 Å². The molecule has 152 valence electrons. The van der Waals surface area contributed by atoms with Gasteiger partial charge in [-0.3, -0.25) is 9.59 Å². The molecule has 1 amide bonds. The van der Waals surface area contributed by atoms with Crippen LogP contribution in [0.3, 0.4) is 0 Å². The smallest absolute Gasteiger partial charge is 0.252 e. The summed E-state index contributed by atoms with van der Waals surface area (Å²) < 4.78 is 50.3. The molecule has 3 N–H and O–H groups in total. The average Bonchev–Trinajstić information content (AvgIpc) is 2.63. The first-order chi connectivity index (χ1) is 12.6. The number of Topliss-reactive ketones (excluding diaryl/α,β-unsaturated/α-hetero) is 1. The molecule has 0 spiro atoms. The number of halogens is 3. The summed E-state index contributed by atoms with van der Waals surface area (Å²) >= 11 is 0. The number of rotatable bonds is 11. The van der Waals surface area contributed by atoms with E-state index in [1.54, 1.807) is 0 Å². The molecule has 1 aromatic rings. The Kier molecular flexibility index (Phi) is 8.71. The minimum atomic E-state index is -1.52. The highest BCUT2D eigenvalue weighted by Gasteiger charge is 2.31. The molecule has 0 unspecified atom stereocenters. The molecule has 0 fully saturated rings. The minimum absolute atomic E-state index is 0.263. The number of methoxy groups -OCH3 is 1. The van der Waals surface area contributed by atoms with Crippen LogP contribution in [0.4, 0.5) is 13.2 Å². The monoisotopic (exact) mass is 390 g/mol. The quantitative estimate of drug-likeness (QED) is 0.446. The predicted molar refractivity (Wildman–Crippen MR) is 92.7 cm³/mol. The Morgan fingerprint density at radius 2 is 1.81 bits per heavy atom. The summed E-state index contributed by atoms with van der Waals surface area (Å²) in [5.74, 6) is -6.08. The van der Waals surface area contributed by atoms with Crippen molar-refractivity contribution in [3.8, 4) is 5.75 Å². The van der Waals surface area contributed by atoms with Gasteiger partial charge in [-0.05, 0) is 51.8 Å². The fourth-order valence-electron chi connectivity index (χ4n) is 2.12. The normalized spacial score (nSPS) is 12.6. The molecular formula is C18H25F3N2O4. The zero-order valence-corrected chi connectivity index (χ0v) is 15.6. The van der Waals surface area contributed by atoms with E-state index in [9.17, 15) is 22.8 Å². The number of hydrogen-bond donors (Lipinski definition) is 2. The van der Waals surface area contributed by atoms with Gasteiger partial charge >= 0.3 is 0 Å². The molecule has 6 nitrogen and oxygen atoms in total. The van der Waals surface area contributed by atoms with E-state index in [0.29, 0.717) is 31.5 Å². The minimum Gasteiger partial charge on any atom is -0.480 e. The highest BCUT2D eigenvalue weighted by atomic mass is 19.2. The number of carbonyl (C=O) groups excluding carboxylic acids is 2. The van der Waals surface area contributed by atoms with E-state index >= 15 is 0 Å². The lowest BCUT2D eigenvalue weighted by Gasteiger charge is -2.25. The topological polar surface area (TPSA) is 90.6 Å². The molecule has 0 aromatic heterocycles. The van der Waals surface area contributed by atoms with Crippen LogP contribution in [0.2, 0.25) is 0 Å². The standard InChI is InChI=1S/C18H25F3N2O4/c1-18(2,26-3)17(25)23-13(6-4-5-9-22)14(24)10-27-16-12(20)8-7-11(19)15(16)21/h7-8,13H,4-6,9-10,22H2,1-3H3,(H,23,25)/t13-/m0/s1. The van der Waals surface area contributed by atoms with Crippen molar-refractivity contribution in [2.75, 3.05) is 20.3 Å². The molecular weight excluding hydrogens is 365 g/mol. The van der Waals surface area contributed by atoms with E-state index in [2.05, 4.69) is 5.32 Å². The van der Waals surface area contributed by atoms with E-state index in [1.807, 2.05) is 0 Å². The van der Waals surface area contributed by atoms with Gasteiger partial charge < -0.3 is 20.5 Å². The molecule has 1 aromatic carbocycles. The Morgan fingerprint density at radius 3 is 2.41 bits per heavy atom. The summed E-state index contributed by atoms with van der Waals surface area (Å²) in [4.78, 5) is 24.7. The maximum absolute atomic E-state index is 13.6. The summed E-state index contributed by atoms with van der Waals surface area (Å²) in [5.41, 5.74) is 4.26. The van der Waals surface area contributed by atoms with Crippen LogP contribution in [-0.4, -0.2) is 43.6 Å². The van der Waals surface area contributed by atoms with Gasteiger partial charge in [-0.2, -0.15) is 4.39 Å². The number of nitrogens with two attached hydrogens (primary N) is 1. The van der Waals surface area contributed by atoms with E-state index < -0.39 is 53.1 Å². The van der Waals surface area contributed by atoms with Crippen molar-refractivity contribution in [1.29, 1.82) is 0 Å². The summed E-state index contributed by atoms with van der Waals surface area (Å²) in [7, 11) is 1.35. The van der Waals surface area contributed by atoms with Gasteiger partial charge in [0.15, 0.2) is 23.2 Å². The number of nitrogens with one attached hydrogen (secondary N) is 1. The molecule has 0 aliphatic carbocycles. The third-order valence-corrected chi connectivity index (χ3v) is 4.06. The van der Waals surface area contributed by atoms with Crippen LogP contribution in [0, 0.1) is 17.5 Å². The van der Waals surface area contributed by atoms with Gasteiger partial charge in [0, 0.05) is 7.11 Å². The largest absolute Gasteiger partial charge is 0.480 e. The van der Waals surface area contributed by atoms with E-state index in [0.717, 1.165) is 0 Å². The fourth-order valence-corrected chi connectivity index (χ4v) is 2.12. The van der Waals surface area contributed by atoms with Crippen molar-refractivity contribution in [2.45, 2.75) is 44.8 Å². The highest BCUT2D eigenvalue weighted by Crippen LogP contribution is 2.23. The second kappa shape index (κ2) is 10.3. The molecule has 0 bridgehead atoms. The number of amides is 1. The van der Waals surface area contributed by atoms with Gasteiger partial charge in [0.1, 0.15) is 12.2 Å². The predicted octanol–water partition coefficient (Wildman–Crippen LogP) is 2.09. The molecule has 9 heteroatoms. The first kappa shape index (κ1) is 22.9. The van der Waals surface area contributed by atoms with Crippen LogP contribution < -0.4 is 15.8 Å². The number of carbonyl (C=O) groups is 2. The second-order valence-electron chi connectivity index (χ2n) is 6.45. The first-order valence-corrected chi connectivity index (χ1v) is 8.49. The molecule has 1 atom stereocenters. The zero-order chi connectivity index (χ0) is 20.6. The van der Waals surface area contributed by atoms with Gasteiger partial charge in [-0.25, -0.2) is 8.78 Å². The van der Waals surface area contributed by atoms with Crippen LogP contribution >= 0.6 is 0 Å². The summed E-state index contributed by atoms with van der Waals surface area (Å²) in [6.45, 7) is 2.72. The van der Waals surface area contributed by atoms with Crippen molar-refractivity contribution in [3.05, 3.63) is 29.6 Å². The lowest BCUT2D eigenvalue weighted by molar-refractivity contribution is -0.142. The molecule has 0 saturated heterocycles. The molecule has 0 aliphatic rings. The number of ketones is 1. The Balaban J connectivity index is 2.84. The third kappa shape index (κ3) is 6.51. The highest BCUT2D eigenvalue weighted by molar-refractivity contribution is 5.92. The van der Waals surface area contributed by atoms with Crippen LogP contribution in [0.15, 0.2) is 12.1 Å². The van der Waals surface area contributed by atoms with E-state index in [-0.39, 0.29) is 6.42 Å². The Labute approximate surface area is 156 Å². The average molecular weight is 390 g/mol. The lowest BCUT2D eigenvalue weighted by Crippen LogP contribution is -2.51. The zero-order valence-electron chi connectivity index (χ0n) is 15.6. The van der Waals surface area contributed by atoms with Gasteiger partial charge in [0.25, 0.3) is 5.91 Å². The maximum Gasteiger partial charge on any atom is 0.252 e. The van der Waals surface area contributed by atoms with Crippen LogP contribution in [0.1, 0.15) is 33.1 Å². The number of unbranched alkanes of at least 4 members (excludes halogenated alkanes) is 1. The lowest BCUT2D eigenvalue weighted by atomic mass is 10.0. The first-order valence-electron chi connectivity index (χ1n) is 8.49. The number of benzene rings is 1. The molecule has 1 rings (SSSR count). The van der Waals surface area contributed by atoms with Crippen molar-refractivity contribution >= 4 is 11.7 Å². The van der Waals surface area contributed by atoms with Crippen molar-refractivity contribution in [2.24, 2.45) is 5.73 Å². The molecule has 0 aliphatic heterocycles. The van der Waals surface area contributed by atoms with Crippen LogP contribution in [-0.2, 0) is 14.3 Å². The SMILES string of the molecule is COC(C)(C)C(=O)N[C@@H](CCCCN)C(=O)COc1c(F)ccc(F)c1F. The molecule has 0 radical (unpaired) electrons. The van der Waals surface area contributed by atoms with E-state index in [1.165, 1.54) is 21.0 Å². The van der Waals surface area contributed by atoms with Gasteiger partial charge in [0.2, 0.25) is 5.82 Å². The number of ether oxygens (including phenoxy) is 2. The summed E-state index contributed by atoms with van der Waals surface area (Å²) in [6, 6.07) is 0.347. The van der Waals surface area contributed by atoms with E-state index in [4.69, 9.17) is 15.2 Å². The van der Waals surface area contributed by atoms with Crippen molar-refractivity contribution < 1.29 is 32.2 Å². The van der Waals surface area contributed by atoms with Crippen molar-refractivity contribution in [1.82, 2.24) is 5.32 Å². The van der Waals surface area contributed by atoms with Crippen LogP contribution in [0.25, 0.3) is 0 Å². The number of hydrogen-bond acceptors (Lipinski definition) is 5. The second-order valence-corrected chi connectivity index (χ2v) is 6.45.